The zero-order valence-electron chi connectivity index (χ0n) is 33.7. The van der Waals surface area contributed by atoms with Crippen molar-refractivity contribution >= 4 is 17.1 Å². The summed E-state index contributed by atoms with van der Waals surface area (Å²) >= 11 is 0. The maximum Gasteiger partial charge on any atom is 0.0714 e. The van der Waals surface area contributed by atoms with Crippen molar-refractivity contribution in [1.82, 2.24) is 0 Å². The lowest BCUT2D eigenvalue weighted by atomic mass is 9.67. The van der Waals surface area contributed by atoms with Crippen molar-refractivity contribution in [3.05, 3.63) is 232 Å². The maximum absolute atomic E-state index is 2.57. The number of anilines is 3. The number of benzene rings is 8. The monoisotopic (exact) mass is 733 g/mol. The summed E-state index contributed by atoms with van der Waals surface area (Å²) in [5.41, 5.74) is 23.8. The van der Waals surface area contributed by atoms with E-state index in [1.54, 1.807) is 0 Å². The van der Waals surface area contributed by atoms with Gasteiger partial charge in [0.25, 0.3) is 0 Å². The Balaban J connectivity index is 1.31. The molecule has 1 heteroatoms. The SMILES string of the molecule is Cc1cc2c(cc1C)C(c1ccccc1)(c1ccccc1)c1cc(C)c(C)c(N(c3ccc(-c4ccccc4)cc3)c3ccc4c(c3)C(C)(C)c3ccccc3-4)c1-2. The van der Waals surface area contributed by atoms with Crippen LogP contribution in [0, 0.1) is 27.7 Å². The average Bonchev–Trinajstić information content (AvgIpc) is 3.65. The summed E-state index contributed by atoms with van der Waals surface area (Å²) in [5.74, 6) is 0. The van der Waals surface area contributed by atoms with Gasteiger partial charge in [-0.25, -0.2) is 0 Å². The molecular formula is C56H47N. The standard InChI is InChI=1S/C56H47N/c1-36-32-48-51(33-37(36)2)56(42-20-12-8-13-21-42,43-22-14-9-15-23-43)52-34-38(3)39(4)54(53(48)52)57(44-28-26-41(27-29-44)40-18-10-7-11-19-40)45-30-31-47-46-24-16-17-25-49(46)55(5,6)50(47)35-45/h7-35H,1-6H3. The van der Waals surface area contributed by atoms with Crippen LogP contribution in [-0.2, 0) is 10.8 Å². The molecule has 0 bridgehead atoms. The molecule has 0 heterocycles. The molecule has 8 aromatic rings. The molecule has 10 rings (SSSR count). The summed E-state index contributed by atoms with van der Waals surface area (Å²) < 4.78 is 0. The molecule has 0 saturated carbocycles. The summed E-state index contributed by atoms with van der Waals surface area (Å²) in [6.07, 6.45) is 0. The Morgan fingerprint density at radius 2 is 0.912 bits per heavy atom. The summed E-state index contributed by atoms with van der Waals surface area (Å²) in [5, 5.41) is 0. The van der Waals surface area contributed by atoms with Crippen LogP contribution in [0.3, 0.4) is 0 Å². The van der Waals surface area contributed by atoms with Gasteiger partial charge in [-0.2, -0.15) is 0 Å². The molecule has 0 spiro atoms. The molecule has 8 aromatic carbocycles. The van der Waals surface area contributed by atoms with E-state index in [2.05, 4.69) is 222 Å². The first-order valence-electron chi connectivity index (χ1n) is 20.3. The highest BCUT2D eigenvalue weighted by atomic mass is 15.1. The first kappa shape index (κ1) is 35.0. The zero-order chi connectivity index (χ0) is 39.1. The number of aryl methyl sites for hydroxylation is 3. The Morgan fingerprint density at radius 1 is 0.386 bits per heavy atom. The van der Waals surface area contributed by atoms with Crippen molar-refractivity contribution in [2.24, 2.45) is 0 Å². The Kier molecular flexibility index (Phi) is 8.03. The van der Waals surface area contributed by atoms with Gasteiger partial charge in [0.2, 0.25) is 0 Å². The van der Waals surface area contributed by atoms with Crippen molar-refractivity contribution in [3.63, 3.8) is 0 Å². The van der Waals surface area contributed by atoms with Crippen LogP contribution in [0.15, 0.2) is 176 Å². The molecule has 0 atom stereocenters. The minimum Gasteiger partial charge on any atom is -0.310 e. The average molecular weight is 734 g/mol. The number of fused-ring (bicyclic) bond motifs is 6. The van der Waals surface area contributed by atoms with Gasteiger partial charge in [-0.15, -0.1) is 0 Å². The third-order valence-electron chi connectivity index (χ3n) is 13.2. The van der Waals surface area contributed by atoms with E-state index >= 15 is 0 Å². The lowest BCUT2D eigenvalue weighted by Gasteiger charge is -2.36. The van der Waals surface area contributed by atoms with Crippen LogP contribution < -0.4 is 4.90 Å². The first-order valence-corrected chi connectivity index (χ1v) is 20.3. The Morgan fingerprint density at radius 3 is 1.58 bits per heavy atom. The maximum atomic E-state index is 2.57. The van der Waals surface area contributed by atoms with Gasteiger partial charge in [0.1, 0.15) is 0 Å². The van der Waals surface area contributed by atoms with Crippen molar-refractivity contribution in [2.75, 3.05) is 4.90 Å². The predicted octanol–water partition coefficient (Wildman–Crippen LogP) is 14.7. The summed E-state index contributed by atoms with van der Waals surface area (Å²) in [6.45, 7) is 13.9. The lowest BCUT2D eigenvalue weighted by molar-refractivity contribution is 0.660. The van der Waals surface area contributed by atoms with Crippen LogP contribution in [0.2, 0.25) is 0 Å². The number of rotatable bonds is 6. The fraction of sp³-hybridized carbons (Fsp3) is 0.143. The van der Waals surface area contributed by atoms with Gasteiger partial charge in [-0.1, -0.05) is 166 Å². The second-order valence-corrected chi connectivity index (χ2v) is 16.7. The molecule has 0 radical (unpaired) electrons. The smallest absolute Gasteiger partial charge is 0.0714 e. The number of hydrogen-bond acceptors (Lipinski definition) is 1. The largest absolute Gasteiger partial charge is 0.310 e. The number of hydrogen-bond donors (Lipinski definition) is 0. The van der Waals surface area contributed by atoms with E-state index in [0.29, 0.717) is 0 Å². The van der Waals surface area contributed by atoms with Crippen LogP contribution in [-0.4, -0.2) is 0 Å². The molecule has 0 amide bonds. The topological polar surface area (TPSA) is 3.24 Å². The molecule has 0 aromatic heterocycles. The fourth-order valence-electron chi connectivity index (χ4n) is 10.1. The normalized spacial score (nSPS) is 14.1. The molecule has 0 aliphatic heterocycles. The third-order valence-corrected chi connectivity index (χ3v) is 13.2. The van der Waals surface area contributed by atoms with Gasteiger partial charge in [0.05, 0.1) is 11.1 Å². The van der Waals surface area contributed by atoms with E-state index in [9.17, 15) is 0 Å². The van der Waals surface area contributed by atoms with Crippen LogP contribution in [0.4, 0.5) is 17.1 Å². The number of nitrogens with zero attached hydrogens (tertiary/aromatic N) is 1. The zero-order valence-corrected chi connectivity index (χ0v) is 33.7. The Labute approximate surface area is 337 Å². The molecule has 0 N–H and O–H groups in total. The van der Waals surface area contributed by atoms with Gasteiger partial charge in [-0.05, 0) is 135 Å². The molecule has 57 heavy (non-hydrogen) atoms. The highest BCUT2D eigenvalue weighted by Crippen LogP contribution is 2.61. The van der Waals surface area contributed by atoms with E-state index in [-0.39, 0.29) is 5.41 Å². The highest BCUT2D eigenvalue weighted by Gasteiger charge is 2.48. The molecule has 2 aliphatic carbocycles. The van der Waals surface area contributed by atoms with Gasteiger partial charge in [0.15, 0.2) is 0 Å². The molecular weight excluding hydrogens is 687 g/mol. The van der Waals surface area contributed by atoms with Crippen LogP contribution in [0.1, 0.15) is 69.5 Å². The third kappa shape index (κ3) is 5.15. The molecule has 0 fully saturated rings. The van der Waals surface area contributed by atoms with Gasteiger partial charge >= 0.3 is 0 Å². The van der Waals surface area contributed by atoms with Crippen molar-refractivity contribution in [2.45, 2.75) is 52.4 Å². The van der Waals surface area contributed by atoms with Gasteiger partial charge in [0, 0.05) is 22.4 Å². The summed E-state index contributed by atoms with van der Waals surface area (Å²) in [4.78, 5) is 2.57. The Bertz CT molecular complexity index is 2790. The van der Waals surface area contributed by atoms with E-state index < -0.39 is 5.41 Å². The van der Waals surface area contributed by atoms with E-state index in [0.717, 1.165) is 5.69 Å². The van der Waals surface area contributed by atoms with Crippen molar-refractivity contribution in [3.8, 4) is 33.4 Å². The minimum absolute atomic E-state index is 0.134. The second-order valence-electron chi connectivity index (χ2n) is 16.7. The fourth-order valence-corrected chi connectivity index (χ4v) is 10.1. The second kappa shape index (κ2) is 13.1. The van der Waals surface area contributed by atoms with Gasteiger partial charge < -0.3 is 4.90 Å². The van der Waals surface area contributed by atoms with Crippen molar-refractivity contribution < 1.29 is 0 Å². The Hall–Kier alpha value is -6.44. The van der Waals surface area contributed by atoms with E-state index in [4.69, 9.17) is 0 Å². The van der Waals surface area contributed by atoms with E-state index in [1.807, 2.05) is 0 Å². The highest BCUT2D eigenvalue weighted by molar-refractivity contribution is 6.00. The van der Waals surface area contributed by atoms with Crippen LogP contribution in [0.5, 0.6) is 0 Å². The van der Waals surface area contributed by atoms with Crippen LogP contribution in [0.25, 0.3) is 33.4 Å². The van der Waals surface area contributed by atoms with E-state index in [1.165, 1.54) is 100 Å². The predicted molar refractivity (Wildman–Crippen MR) is 240 cm³/mol. The quantitative estimate of drug-likeness (QED) is 0.164. The summed E-state index contributed by atoms with van der Waals surface area (Å²) in [7, 11) is 0. The molecule has 0 unspecified atom stereocenters. The molecule has 1 nitrogen and oxygen atoms in total. The lowest BCUT2D eigenvalue weighted by Crippen LogP contribution is -2.29. The van der Waals surface area contributed by atoms with Gasteiger partial charge in [-0.3, -0.25) is 0 Å². The van der Waals surface area contributed by atoms with Crippen LogP contribution >= 0.6 is 0 Å². The first-order chi connectivity index (χ1) is 27.7. The molecule has 0 saturated heterocycles. The minimum atomic E-state index is -0.511. The van der Waals surface area contributed by atoms with Crippen molar-refractivity contribution in [1.29, 1.82) is 0 Å². The molecule has 276 valence electrons. The molecule has 2 aliphatic rings. The summed E-state index contributed by atoms with van der Waals surface area (Å²) in [6, 6.07) is 65.9.